The molecule has 0 aliphatic rings. The molecule has 0 unspecified atom stereocenters. The highest BCUT2D eigenvalue weighted by Crippen LogP contribution is 2.20. The van der Waals surface area contributed by atoms with Crippen molar-refractivity contribution in [1.82, 2.24) is 15.0 Å². The molecule has 0 fully saturated rings. The molecule has 128 valence electrons. The Labute approximate surface area is 148 Å². The van der Waals surface area contributed by atoms with Gasteiger partial charge < -0.3 is 10.6 Å². The molecular weight excluding hydrogens is 310 g/mol. The summed E-state index contributed by atoms with van der Waals surface area (Å²) in [6.07, 6.45) is 1.79. The molecule has 3 aromatic rings. The van der Waals surface area contributed by atoms with Crippen molar-refractivity contribution in [2.24, 2.45) is 5.92 Å². The van der Waals surface area contributed by atoms with Gasteiger partial charge in [-0.25, -0.2) is 9.97 Å². The molecule has 5 nitrogen and oxygen atoms in total. The van der Waals surface area contributed by atoms with Gasteiger partial charge in [0.25, 0.3) is 0 Å². The molecule has 2 aromatic heterocycles. The average molecular weight is 333 g/mol. The van der Waals surface area contributed by atoms with Crippen molar-refractivity contribution in [3.8, 4) is 11.4 Å². The van der Waals surface area contributed by atoms with E-state index in [0.717, 1.165) is 29.4 Å². The van der Waals surface area contributed by atoms with E-state index in [2.05, 4.69) is 39.4 Å². The molecule has 0 radical (unpaired) electrons. The van der Waals surface area contributed by atoms with Gasteiger partial charge in [0, 0.05) is 24.4 Å². The molecule has 0 aliphatic heterocycles. The maximum atomic E-state index is 4.66. The van der Waals surface area contributed by atoms with Crippen LogP contribution in [-0.4, -0.2) is 21.5 Å². The lowest BCUT2D eigenvalue weighted by Crippen LogP contribution is -2.11. The summed E-state index contributed by atoms with van der Waals surface area (Å²) < 4.78 is 0. The fraction of sp³-hybridized carbons (Fsp3) is 0.250. The first kappa shape index (κ1) is 16.9. The third-order valence-corrected chi connectivity index (χ3v) is 3.63. The first-order valence-electron chi connectivity index (χ1n) is 8.53. The van der Waals surface area contributed by atoms with E-state index in [9.17, 15) is 0 Å². The predicted molar refractivity (Wildman–Crippen MR) is 102 cm³/mol. The van der Waals surface area contributed by atoms with Crippen molar-refractivity contribution < 1.29 is 0 Å². The van der Waals surface area contributed by atoms with Crippen LogP contribution in [0.1, 0.15) is 19.5 Å². The molecule has 5 heteroatoms. The quantitative estimate of drug-likeness (QED) is 0.678. The van der Waals surface area contributed by atoms with Crippen molar-refractivity contribution in [3.05, 3.63) is 66.5 Å². The average Bonchev–Trinajstić information content (AvgIpc) is 2.66. The number of hydrogen-bond acceptors (Lipinski definition) is 5. The highest BCUT2D eigenvalue weighted by Gasteiger charge is 2.07. The van der Waals surface area contributed by atoms with Crippen molar-refractivity contribution in [1.29, 1.82) is 0 Å². The zero-order valence-electron chi connectivity index (χ0n) is 14.6. The van der Waals surface area contributed by atoms with Crippen LogP contribution in [0.5, 0.6) is 0 Å². The van der Waals surface area contributed by atoms with Crippen LogP contribution >= 0.6 is 0 Å². The van der Waals surface area contributed by atoms with Crippen molar-refractivity contribution in [2.45, 2.75) is 20.4 Å². The summed E-state index contributed by atoms with van der Waals surface area (Å²) in [6.45, 7) is 5.83. The molecule has 0 atom stereocenters. The fourth-order valence-corrected chi connectivity index (χ4v) is 2.34. The maximum Gasteiger partial charge on any atom is 0.163 e. The van der Waals surface area contributed by atoms with Gasteiger partial charge in [0.2, 0.25) is 0 Å². The van der Waals surface area contributed by atoms with Gasteiger partial charge in [-0.2, -0.15) is 0 Å². The lowest BCUT2D eigenvalue weighted by Gasteiger charge is -2.12. The lowest BCUT2D eigenvalue weighted by atomic mass is 10.2. The van der Waals surface area contributed by atoms with Gasteiger partial charge in [0.1, 0.15) is 11.6 Å². The van der Waals surface area contributed by atoms with E-state index in [1.165, 1.54) is 0 Å². The van der Waals surface area contributed by atoms with Crippen LogP contribution in [-0.2, 0) is 6.54 Å². The van der Waals surface area contributed by atoms with E-state index in [4.69, 9.17) is 0 Å². The molecule has 2 heterocycles. The number of anilines is 2. The van der Waals surface area contributed by atoms with E-state index >= 15 is 0 Å². The molecule has 1 aromatic carbocycles. The van der Waals surface area contributed by atoms with Crippen LogP contribution in [0, 0.1) is 5.92 Å². The van der Waals surface area contributed by atoms with Gasteiger partial charge in [-0.3, -0.25) is 4.98 Å². The largest absolute Gasteiger partial charge is 0.370 e. The minimum atomic E-state index is 0.542. The second-order valence-electron chi connectivity index (χ2n) is 6.28. The summed E-state index contributed by atoms with van der Waals surface area (Å²) in [4.78, 5) is 13.6. The van der Waals surface area contributed by atoms with Gasteiger partial charge in [-0.15, -0.1) is 0 Å². The van der Waals surface area contributed by atoms with E-state index in [0.29, 0.717) is 18.3 Å². The summed E-state index contributed by atoms with van der Waals surface area (Å²) >= 11 is 0. The lowest BCUT2D eigenvalue weighted by molar-refractivity contribution is 0.687. The fourth-order valence-electron chi connectivity index (χ4n) is 2.34. The minimum Gasteiger partial charge on any atom is -0.370 e. The Bertz CT molecular complexity index is 788. The van der Waals surface area contributed by atoms with Crippen LogP contribution in [0.2, 0.25) is 0 Å². The zero-order chi connectivity index (χ0) is 17.5. The molecule has 3 rings (SSSR count). The highest BCUT2D eigenvalue weighted by molar-refractivity contribution is 5.61. The van der Waals surface area contributed by atoms with E-state index in [1.54, 1.807) is 6.20 Å². The first-order chi connectivity index (χ1) is 12.2. The third-order valence-electron chi connectivity index (χ3n) is 3.63. The number of pyridine rings is 1. The SMILES string of the molecule is CC(C)CNc1cc(NCc2ccccn2)nc(-c2ccccc2)n1. The normalized spacial score (nSPS) is 10.7. The standard InChI is InChI=1S/C20H23N5/c1-15(2)13-22-18-12-19(23-14-17-10-6-7-11-21-17)25-20(24-18)16-8-4-3-5-9-16/h3-12,15H,13-14H2,1-2H3,(H2,22,23,24,25). The number of benzene rings is 1. The van der Waals surface area contributed by atoms with Crippen molar-refractivity contribution >= 4 is 11.6 Å². The number of aromatic nitrogens is 3. The number of hydrogen-bond donors (Lipinski definition) is 2. The summed E-state index contributed by atoms with van der Waals surface area (Å²) in [6, 6.07) is 17.8. The van der Waals surface area contributed by atoms with Crippen molar-refractivity contribution in [3.63, 3.8) is 0 Å². The van der Waals surface area contributed by atoms with Crippen LogP contribution in [0.3, 0.4) is 0 Å². The summed E-state index contributed by atoms with van der Waals surface area (Å²) in [5.74, 6) is 2.86. The number of nitrogens with zero attached hydrogens (tertiary/aromatic N) is 3. The van der Waals surface area contributed by atoms with Gasteiger partial charge in [-0.1, -0.05) is 50.2 Å². The Morgan fingerprint density at radius 1 is 0.880 bits per heavy atom. The zero-order valence-corrected chi connectivity index (χ0v) is 14.6. The molecule has 0 aliphatic carbocycles. The molecule has 0 amide bonds. The summed E-state index contributed by atoms with van der Waals surface area (Å²) in [5.41, 5.74) is 1.97. The van der Waals surface area contributed by atoms with Crippen LogP contribution in [0.25, 0.3) is 11.4 Å². The molecule has 0 spiro atoms. The monoisotopic (exact) mass is 333 g/mol. The smallest absolute Gasteiger partial charge is 0.163 e. The van der Waals surface area contributed by atoms with Gasteiger partial charge in [0.15, 0.2) is 5.82 Å². The number of nitrogens with one attached hydrogen (secondary N) is 2. The topological polar surface area (TPSA) is 62.7 Å². The highest BCUT2D eigenvalue weighted by atomic mass is 15.1. The van der Waals surface area contributed by atoms with Crippen LogP contribution in [0.4, 0.5) is 11.6 Å². The number of rotatable bonds is 7. The van der Waals surface area contributed by atoms with Gasteiger partial charge >= 0.3 is 0 Å². The molecule has 0 saturated heterocycles. The Balaban J connectivity index is 1.83. The second kappa shape index (κ2) is 8.24. The van der Waals surface area contributed by atoms with Gasteiger partial charge in [0.05, 0.1) is 12.2 Å². The van der Waals surface area contributed by atoms with Crippen LogP contribution in [0.15, 0.2) is 60.8 Å². The summed E-state index contributed by atoms with van der Waals surface area (Å²) in [7, 11) is 0. The Morgan fingerprint density at radius 2 is 1.60 bits per heavy atom. The van der Waals surface area contributed by atoms with Gasteiger partial charge in [-0.05, 0) is 18.1 Å². The predicted octanol–water partition coefficient (Wildman–Crippen LogP) is 4.22. The Kier molecular flexibility index (Phi) is 5.57. The Hall–Kier alpha value is -2.95. The van der Waals surface area contributed by atoms with E-state index in [1.807, 2.05) is 54.6 Å². The Morgan fingerprint density at radius 3 is 2.28 bits per heavy atom. The minimum absolute atomic E-state index is 0.542. The molecule has 0 bridgehead atoms. The van der Waals surface area contributed by atoms with Crippen LogP contribution < -0.4 is 10.6 Å². The molecular formula is C20H23N5. The third kappa shape index (κ3) is 5.01. The second-order valence-corrected chi connectivity index (χ2v) is 6.28. The first-order valence-corrected chi connectivity index (χ1v) is 8.53. The van der Waals surface area contributed by atoms with Crippen molar-refractivity contribution in [2.75, 3.05) is 17.2 Å². The van der Waals surface area contributed by atoms with E-state index < -0.39 is 0 Å². The maximum absolute atomic E-state index is 4.66. The molecule has 2 N–H and O–H groups in total. The molecule has 25 heavy (non-hydrogen) atoms. The summed E-state index contributed by atoms with van der Waals surface area (Å²) in [5, 5.41) is 6.73. The molecule has 0 saturated carbocycles. The van der Waals surface area contributed by atoms with E-state index in [-0.39, 0.29) is 0 Å².